The fourth-order valence-electron chi connectivity index (χ4n) is 6.50. The van der Waals surface area contributed by atoms with Crippen molar-refractivity contribution in [2.24, 2.45) is 5.92 Å². The normalized spacial score (nSPS) is 19.6. The number of hydrogen-bond donors (Lipinski definition) is 3. The number of nitrogens with one attached hydrogen (secondary N) is 3. The van der Waals surface area contributed by atoms with Crippen LogP contribution < -0.4 is 20.1 Å². The van der Waals surface area contributed by atoms with Crippen LogP contribution in [0, 0.1) is 24.5 Å². The number of allylic oxidation sites excluding steroid dienone is 2. The summed E-state index contributed by atoms with van der Waals surface area (Å²) in [5.41, 5.74) is 0.381. The summed E-state index contributed by atoms with van der Waals surface area (Å²) in [5, 5.41) is 5.12. The number of hydrogen-bond acceptors (Lipinski definition) is 9. The lowest BCUT2D eigenvalue weighted by Crippen LogP contribution is -2.54. The number of nitrogens with zero attached hydrogens (tertiary/aromatic N) is 3. The SMILES string of the molecule is Cc1nc2cccc(F)c2nc1O[C@@H]1C[C@@H](C(=O)NCC(=O)NS(=O)(=O)C2(C)CC2)N(C(=O)[C@H](CCCCC/C=C\C2CC2)NC(=O)c2ccccc2F)C1. The molecule has 3 aromatic rings. The Labute approximate surface area is 318 Å². The van der Waals surface area contributed by atoms with E-state index in [4.69, 9.17) is 4.74 Å². The zero-order chi connectivity index (χ0) is 39.3. The van der Waals surface area contributed by atoms with E-state index in [1.165, 1.54) is 55.0 Å². The van der Waals surface area contributed by atoms with Gasteiger partial charge in [0.05, 0.1) is 28.9 Å². The molecule has 3 aliphatic rings. The average Bonchev–Trinajstić information content (AvgIpc) is 4.08. The monoisotopic (exact) mass is 780 g/mol. The van der Waals surface area contributed by atoms with Gasteiger partial charge in [0.25, 0.3) is 11.8 Å². The Morgan fingerprint density at radius 2 is 1.76 bits per heavy atom. The molecule has 3 atom stereocenters. The lowest BCUT2D eigenvalue weighted by atomic mass is 10.0. The first-order valence-corrected chi connectivity index (χ1v) is 20.2. The number of halogens is 2. The van der Waals surface area contributed by atoms with Crippen molar-refractivity contribution < 1.29 is 41.1 Å². The predicted molar refractivity (Wildman–Crippen MR) is 199 cm³/mol. The highest BCUT2D eigenvalue weighted by Crippen LogP contribution is 2.42. The number of sulfonamides is 1. The van der Waals surface area contributed by atoms with Crippen molar-refractivity contribution in [2.45, 2.75) is 101 Å². The van der Waals surface area contributed by atoms with Crippen molar-refractivity contribution in [3.05, 3.63) is 77.5 Å². The van der Waals surface area contributed by atoms with Crippen LogP contribution in [0.5, 0.6) is 5.88 Å². The molecule has 1 aliphatic heterocycles. The Morgan fingerprint density at radius 1 is 1.02 bits per heavy atom. The third-order valence-corrected chi connectivity index (χ3v) is 12.5. The van der Waals surface area contributed by atoms with E-state index in [-0.39, 0.29) is 36.3 Å². The smallest absolute Gasteiger partial charge is 0.254 e. The number of benzene rings is 2. The number of rotatable bonds is 17. The lowest BCUT2D eigenvalue weighted by molar-refractivity contribution is -0.140. The topological polar surface area (TPSA) is 177 Å². The van der Waals surface area contributed by atoms with Crippen molar-refractivity contribution in [3.63, 3.8) is 0 Å². The van der Waals surface area contributed by atoms with Crippen LogP contribution in [0.4, 0.5) is 8.78 Å². The molecule has 2 heterocycles. The molecule has 0 radical (unpaired) electrons. The fraction of sp³-hybridized carbons (Fsp3) is 0.487. The summed E-state index contributed by atoms with van der Waals surface area (Å²) in [4.78, 5) is 64.1. The highest BCUT2D eigenvalue weighted by Gasteiger charge is 2.51. The lowest BCUT2D eigenvalue weighted by Gasteiger charge is -2.28. The van der Waals surface area contributed by atoms with Crippen molar-refractivity contribution in [1.29, 1.82) is 0 Å². The number of fused-ring (bicyclic) bond motifs is 1. The van der Waals surface area contributed by atoms with E-state index in [1.54, 1.807) is 13.0 Å². The van der Waals surface area contributed by atoms with E-state index in [0.717, 1.165) is 25.3 Å². The van der Waals surface area contributed by atoms with Crippen molar-refractivity contribution in [2.75, 3.05) is 13.1 Å². The minimum atomic E-state index is -3.96. The van der Waals surface area contributed by atoms with Crippen LogP contribution in [-0.4, -0.2) is 82.9 Å². The molecule has 1 saturated heterocycles. The zero-order valence-electron chi connectivity index (χ0n) is 30.9. The molecule has 55 heavy (non-hydrogen) atoms. The Balaban J connectivity index is 1.20. The number of likely N-dealkylation sites (tertiary alicyclic amines) is 1. The quantitative estimate of drug-likeness (QED) is 0.133. The van der Waals surface area contributed by atoms with Gasteiger partial charge in [0.15, 0.2) is 5.82 Å². The molecule has 3 fully saturated rings. The van der Waals surface area contributed by atoms with Crippen LogP contribution in [0.15, 0.2) is 54.6 Å². The second-order valence-corrected chi connectivity index (χ2v) is 17.0. The van der Waals surface area contributed by atoms with Gasteiger partial charge in [0.2, 0.25) is 27.7 Å². The summed E-state index contributed by atoms with van der Waals surface area (Å²) in [7, 11) is -3.96. The molecule has 4 amide bonds. The highest BCUT2D eigenvalue weighted by atomic mass is 32.2. The van der Waals surface area contributed by atoms with Crippen LogP contribution >= 0.6 is 0 Å². The summed E-state index contributed by atoms with van der Waals surface area (Å²) in [6, 6.07) is 7.34. The van der Waals surface area contributed by atoms with Crippen LogP contribution in [0.25, 0.3) is 11.0 Å². The summed E-state index contributed by atoms with van der Waals surface area (Å²) in [6.07, 6.45) is 9.88. The van der Waals surface area contributed by atoms with Crippen molar-refractivity contribution in [1.82, 2.24) is 30.2 Å². The van der Waals surface area contributed by atoms with Crippen molar-refractivity contribution >= 4 is 44.7 Å². The minimum absolute atomic E-state index is 0.00523. The van der Waals surface area contributed by atoms with Crippen LogP contribution in [0.3, 0.4) is 0 Å². The number of carbonyl (C=O) groups is 4. The molecule has 2 aromatic carbocycles. The number of unbranched alkanes of at least 4 members (excludes halogenated alkanes) is 3. The summed E-state index contributed by atoms with van der Waals surface area (Å²) < 4.78 is 61.5. The Kier molecular flexibility index (Phi) is 12.1. The van der Waals surface area contributed by atoms with Gasteiger partial charge >= 0.3 is 0 Å². The van der Waals surface area contributed by atoms with Gasteiger partial charge in [-0.1, -0.05) is 43.2 Å². The number of aromatic nitrogens is 2. The summed E-state index contributed by atoms with van der Waals surface area (Å²) in [6.45, 7) is 2.30. The maximum absolute atomic E-state index is 14.6. The van der Waals surface area contributed by atoms with Gasteiger partial charge in [0, 0.05) is 6.42 Å². The first-order chi connectivity index (χ1) is 26.2. The van der Waals surface area contributed by atoms with E-state index in [1.807, 2.05) is 4.72 Å². The summed E-state index contributed by atoms with van der Waals surface area (Å²) in [5.74, 6) is -3.86. The number of carbonyl (C=O) groups excluding carboxylic acids is 4. The molecule has 2 saturated carbocycles. The van der Waals surface area contributed by atoms with Gasteiger partial charge in [-0.15, -0.1) is 0 Å². The second-order valence-electron chi connectivity index (χ2n) is 14.8. The van der Waals surface area contributed by atoms with Gasteiger partial charge in [-0.25, -0.2) is 27.2 Å². The molecule has 0 spiro atoms. The minimum Gasteiger partial charge on any atom is -0.471 e. The van der Waals surface area contributed by atoms with Crippen LogP contribution in [0.2, 0.25) is 0 Å². The number of para-hydroxylation sites is 1. The third-order valence-electron chi connectivity index (χ3n) is 10.3. The molecule has 2 aliphatic carbocycles. The largest absolute Gasteiger partial charge is 0.471 e. The van der Waals surface area contributed by atoms with E-state index in [2.05, 4.69) is 32.8 Å². The maximum Gasteiger partial charge on any atom is 0.254 e. The molecule has 294 valence electrons. The molecule has 1 aromatic heterocycles. The van der Waals surface area contributed by atoms with Gasteiger partial charge in [0.1, 0.15) is 35.2 Å². The van der Waals surface area contributed by atoms with Crippen molar-refractivity contribution in [3.8, 4) is 5.88 Å². The summed E-state index contributed by atoms with van der Waals surface area (Å²) >= 11 is 0. The second kappa shape index (κ2) is 16.8. The molecule has 0 bridgehead atoms. The van der Waals surface area contributed by atoms with Gasteiger partial charge in [-0.2, -0.15) is 0 Å². The van der Waals surface area contributed by atoms with E-state index in [0.29, 0.717) is 36.4 Å². The van der Waals surface area contributed by atoms with Crippen LogP contribution in [-0.2, 0) is 24.4 Å². The number of aryl methyl sites for hydroxylation is 1. The first-order valence-electron chi connectivity index (χ1n) is 18.7. The molecule has 0 unspecified atom stereocenters. The first kappa shape index (κ1) is 39.7. The van der Waals surface area contributed by atoms with Gasteiger partial charge in [-0.3, -0.25) is 23.9 Å². The van der Waals surface area contributed by atoms with Gasteiger partial charge < -0.3 is 20.3 Å². The molecule has 13 nitrogen and oxygen atoms in total. The Bertz CT molecular complexity index is 2090. The Hall–Kier alpha value is -4.99. The van der Waals surface area contributed by atoms with E-state index < -0.39 is 74.8 Å². The third kappa shape index (κ3) is 9.82. The Morgan fingerprint density at radius 3 is 2.49 bits per heavy atom. The standard InChI is InChI=1S/C39H46F2N6O7S/c1-24-37(45-34-29(41)14-10-16-30(34)43-24)54-26-21-32(36(50)42-22-33(48)46-55(52,53)39(2)19-20-39)47(23-26)38(51)31(15-7-5-3-4-6-11-25-17-18-25)44-35(49)27-12-8-9-13-28(27)40/h6,8-14,16,25-26,31-32H,3-5,7,15,17-23H2,1-2H3,(H,42,50)(H,44,49)(H,46,48)/b11-6-/t26-,31+,32+/m1/s1. The zero-order valence-corrected chi connectivity index (χ0v) is 31.7. The average molecular weight is 781 g/mol. The molecule has 3 N–H and O–H groups in total. The fourth-order valence-corrected chi connectivity index (χ4v) is 7.76. The molecule has 6 rings (SSSR count). The van der Waals surface area contributed by atoms with E-state index in [9.17, 15) is 36.4 Å². The van der Waals surface area contributed by atoms with E-state index >= 15 is 0 Å². The van der Waals surface area contributed by atoms with Gasteiger partial charge in [-0.05, 0) is 89.0 Å². The highest BCUT2D eigenvalue weighted by molar-refractivity contribution is 7.91. The predicted octanol–water partition coefficient (Wildman–Crippen LogP) is 4.39. The van der Waals surface area contributed by atoms with Crippen LogP contribution in [0.1, 0.15) is 87.2 Å². The molecule has 16 heteroatoms. The molecular weight excluding hydrogens is 735 g/mol. The maximum atomic E-state index is 14.6. The molecular formula is C39H46F2N6O7S. The number of amides is 4. The number of ether oxygens (including phenoxy) is 1.